The van der Waals surface area contributed by atoms with Crippen LogP contribution in [0, 0.1) is 18.1 Å². The minimum atomic E-state index is -5.01. The Labute approximate surface area is 234 Å². The minimum Gasteiger partial charge on any atom is -0.444 e. The van der Waals surface area contributed by atoms with E-state index in [0.717, 1.165) is 11.3 Å². The Morgan fingerprint density at radius 3 is 2.67 bits per heavy atom. The Balaban J connectivity index is 1.75. The Hall–Kier alpha value is -3.57. The zero-order valence-electron chi connectivity index (χ0n) is 22.0. The number of aliphatic hydroxyl groups is 1. The standard InChI is InChI=1S/C26H32F3N5O5S/c1-16(2)21(34-10-6-9-31-24(34)37)23(36)32-18(11-17-7-4-3-5-8-17)12-20(35)22(26(27,28)29)33-25(38)39-14-19-13-30-15-40-19/h4,7-8,13,15-16,18,20-22,35H,6,9-12,14H2,1-2H3,(H,31,37)(H,32,36)(H,33,38). The van der Waals surface area contributed by atoms with Gasteiger partial charge in [0.05, 0.1) is 16.5 Å². The molecule has 4 amide bonds. The summed E-state index contributed by atoms with van der Waals surface area (Å²) >= 11 is 1.16. The van der Waals surface area contributed by atoms with Crippen LogP contribution in [0.2, 0.25) is 0 Å². The molecule has 1 aliphatic heterocycles. The van der Waals surface area contributed by atoms with E-state index in [2.05, 4.69) is 27.8 Å². The van der Waals surface area contributed by atoms with Crippen molar-refractivity contribution < 1.29 is 37.4 Å². The van der Waals surface area contributed by atoms with Crippen LogP contribution in [0.3, 0.4) is 0 Å². The maximum Gasteiger partial charge on any atom is 0.411 e. The van der Waals surface area contributed by atoms with Gasteiger partial charge in [-0.25, -0.2) is 9.59 Å². The van der Waals surface area contributed by atoms with Crippen LogP contribution in [0.15, 0.2) is 29.9 Å². The lowest BCUT2D eigenvalue weighted by molar-refractivity contribution is -0.177. The smallest absolute Gasteiger partial charge is 0.411 e. The minimum absolute atomic E-state index is 0.0609. The van der Waals surface area contributed by atoms with Crippen LogP contribution in [0.4, 0.5) is 22.8 Å². The van der Waals surface area contributed by atoms with Gasteiger partial charge in [0.25, 0.3) is 0 Å². The summed E-state index contributed by atoms with van der Waals surface area (Å²) in [6, 6.07) is 5.35. The monoisotopic (exact) mass is 583 g/mol. The largest absolute Gasteiger partial charge is 0.444 e. The lowest BCUT2D eigenvalue weighted by atomic mass is 9.95. The summed E-state index contributed by atoms with van der Waals surface area (Å²) in [5, 5.41) is 17.8. The topological polar surface area (TPSA) is 133 Å². The van der Waals surface area contributed by atoms with Crippen molar-refractivity contribution in [3.05, 3.63) is 52.5 Å². The second kappa shape index (κ2) is 14.2. The number of nitrogens with one attached hydrogen (secondary N) is 3. The molecule has 1 aromatic carbocycles. The molecule has 2 heterocycles. The lowest BCUT2D eigenvalue weighted by Gasteiger charge is -2.37. The molecule has 0 aliphatic carbocycles. The van der Waals surface area contributed by atoms with E-state index < -0.39 is 54.9 Å². The number of halogens is 3. The molecule has 218 valence electrons. The third-order valence-electron chi connectivity index (χ3n) is 6.26. The van der Waals surface area contributed by atoms with E-state index in [-0.39, 0.29) is 18.9 Å². The van der Waals surface area contributed by atoms with Crippen molar-refractivity contribution in [1.82, 2.24) is 25.8 Å². The fraction of sp³-hybridized carbons (Fsp3) is 0.538. The van der Waals surface area contributed by atoms with Gasteiger partial charge < -0.3 is 30.7 Å². The molecule has 4 N–H and O–H groups in total. The van der Waals surface area contributed by atoms with Crippen LogP contribution in [0.1, 0.15) is 37.1 Å². The van der Waals surface area contributed by atoms with Gasteiger partial charge in [0, 0.05) is 25.3 Å². The highest BCUT2D eigenvalue weighted by molar-refractivity contribution is 7.09. The molecule has 40 heavy (non-hydrogen) atoms. The number of nitrogens with zero attached hydrogens (tertiary/aromatic N) is 2. The second-order valence-corrected chi connectivity index (χ2v) is 10.7. The van der Waals surface area contributed by atoms with E-state index in [9.17, 15) is 32.7 Å². The molecule has 0 saturated carbocycles. The molecular formula is C26H32F3N5O5S. The van der Waals surface area contributed by atoms with Crippen molar-refractivity contribution in [2.24, 2.45) is 5.92 Å². The Kier molecular flexibility index (Phi) is 11.0. The molecule has 3 rings (SSSR count). The van der Waals surface area contributed by atoms with E-state index in [1.807, 2.05) is 0 Å². The van der Waals surface area contributed by atoms with Gasteiger partial charge in [0.2, 0.25) is 5.91 Å². The number of carbonyl (C=O) groups excluding carboxylic acids is 3. The summed E-state index contributed by atoms with van der Waals surface area (Å²) < 4.78 is 46.6. The molecule has 4 atom stereocenters. The van der Waals surface area contributed by atoms with Crippen molar-refractivity contribution in [3.63, 3.8) is 0 Å². The van der Waals surface area contributed by atoms with Gasteiger partial charge in [-0.3, -0.25) is 9.78 Å². The number of ether oxygens (including phenoxy) is 1. The highest BCUT2D eigenvalue weighted by Gasteiger charge is 2.46. The summed E-state index contributed by atoms with van der Waals surface area (Å²) in [4.78, 5) is 43.7. The molecule has 0 radical (unpaired) electrons. The van der Waals surface area contributed by atoms with E-state index in [4.69, 9.17) is 4.74 Å². The molecule has 0 bridgehead atoms. The van der Waals surface area contributed by atoms with Crippen LogP contribution < -0.4 is 16.0 Å². The maximum atomic E-state index is 13.9. The second-order valence-electron chi connectivity index (χ2n) is 9.73. The van der Waals surface area contributed by atoms with Crippen molar-refractivity contribution in [3.8, 4) is 0 Å². The Morgan fingerprint density at radius 1 is 1.30 bits per heavy atom. The number of amides is 4. The summed E-state index contributed by atoms with van der Waals surface area (Å²) in [6.45, 7) is 4.08. The van der Waals surface area contributed by atoms with Gasteiger partial charge in [-0.2, -0.15) is 13.2 Å². The molecule has 10 nitrogen and oxygen atoms in total. The number of rotatable bonds is 12. The molecule has 1 aromatic heterocycles. The Bertz CT molecular complexity index is 1100. The average molecular weight is 584 g/mol. The van der Waals surface area contributed by atoms with E-state index in [0.29, 0.717) is 30.0 Å². The summed E-state index contributed by atoms with van der Waals surface area (Å²) in [5.74, 6) is -0.858. The molecular weight excluding hydrogens is 551 g/mol. The molecule has 4 unspecified atom stereocenters. The number of alkyl carbamates (subject to hydrolysis) is 1. The van der Waals surface area contributed by atoms with E-state index in [1.54, 1.807) is 37.4 Å². The van der Waals surface area contributed by atoms with Gasteiger partial charge >= 0.3 is 18.3 Å². The van der Waals surface area contributed by atoms with Gasteiger partial charge in [-0.1, -0.05) is 26.0 Å². The fourth-order valence-corrected chi connectivity index (χ4v) is 4.94. The summed E-state index contributed by atoms with van der Waals surface area (Å²) in [6.07, 6.45) is -6.95. The number of aliphatic hydroxyl groups excluding tert-OH is 1. The predicted molar refractivity (Wildman–Crippen MR) is 139 cm³/mol. The van der Waals surface area contributed by atoms with Crippen molar-refractivity contribution >= 4 is 29.4 Å². The van der Waals surface area contributed by atoms with E-state index in [1.165, 1.54) is 16.6 Å². The number of urea groups is 1. The average Bonchev–Trinajstić information content (AvgIpc) is 3.41. The summed E-state index contributed by atoms with van der Waals surface area (Å²) in [7, 11) is 0. The number of alkyl halides is 3. The number of carbonyl (C=O) groups is 3. The zero-order chi connectivity index (χ0) is 29.3. The third kappa shape index (κ3) is 8.99. The lowest BCUT2D eigenvalue weighted by Crippen LogP contribution is -2.60. The normalized spacial score (nSPS) is 16.8. The van der Waals surface area contributed by atoms with Gasteiger partial charge in [-0.15, -0.1) is 11.3 Å². The molecule has 0 spiro atoms. The first-order chi connectivity index (χ1) is 19.0. The van der Waals surface area contributed by atoms with Crippen LogP contribution in [-0.2, 0) is 22.6 Å². The summed E-state index contributed by atoms with van der Waals surface area (Å²) in [5.41, 5.74) is 2.12. The van der Waals surface area contributed by atoms with Gasteiger partial charge in [-0.05, 0) is 48.9 Å². The number of thiazole rings is 1. The quantitative estimate of drug-likeness (QED) is 0.304. The van der Waals surface area contributed by atoms with Crippen LogP contribution in [0.25, 0.3) is 0 Å². The van der Waals surface area contributed by atoms with Crippen molar-refractivity contribution in [1.29, 1.82) is 0 Å². The first-order valence-electron chi connectivity index (χ1n) is 12.7. The molecule has 2 aromatic rings. The van der Waals surface area contributed by atoms with Crippen LogP contribution in [0.5, 0.6) is 0 Å². The maximum absolute atomic E-state index is 13.9. The first kappa shape index (κ1) is 31.0. The molecule has 1 saturated heterocycles. The van der Waals surface area contributed by atoms with Crippen LogP contribution >= 0.6 is 11.3 Å². The number of aromatic nitrogens is 1. The van der Waals surface area contributed by atoms with Gasteiger partial charge in [0.15, 0.2) is 6.04 Å². The highest BCUT2D eigenvalue weighted by Crippen LogP contribution is 2.26. The van der Waals surface area contributed by atoms with Crippen molar-refractivity contribution in [2.75, 3.05) is 13.1 Å². The zero-order valence-corrected chi connectivity index (χ0v) is 22.8. The SMILES string of the molecule is CC(C)C(C(=O)NC(Cc1cc#ccc1)CC(O)C(NC(=O)OCc1cncs1)C(F)(F)F)N1CCCNC1=O. The molecule has 1 aliphatic rings. The molecule has 1 fully saturated rings. The Morgan fingerprint density at radius 2 is 2.08 bits per heavy atom. The van der Waals surface area contributed by atoms with Crippen molar-refractivity contribution in [2.45, 2.75) is 70.1 Å². The van der Waals surface area contributed by atoms with Gasteiger partial charge in [0.1, 0.15) is 12.6 Å². The third-order valence-corrected chi connectivity index (χ3v) is 7.02. The number of hydrogen-bond acceptors (Lipinski definition) is 7. The highest BCUT2D eigenvalue weighted by atomic mass is 32.1. The molecule has 14 heteroatoms. The van der Waals surface area contributed by atoms with E-state index >= 15 is 0 Å². The predicted octanol–water partition coefficient (Wildman–Crippen LogP) is 2.82. The first-order valence-corrected chi connectivity index (χ1v) is 13.6. The number of hydrogen-bond donors (Lipinski definition) is 4. The van der Waals surface area contributed by atoms with Crippen LogP contribution in [-0.4, -0.2) is 76.5 Å². The fourth-order valence-electron chi connectivity index (χ4n) is 4.43.